The zero-order chi connectivity index (χ0) is 20.0. The number of sulfonamides is 1. The summed E-state index contributed by atoms with van der Waals surface area (Å²) in [6.07, 6.45) is 0.870. The number of esters is 1. The lowest BCUT2D eigenvalue weighted by Crippen LogP contribution is -2.23. The minimum Gasteiger partial charge on any atom is -0.454 e. The van der Waals surface area contributed by atoms with Gasteiger partial charge < -0.3 is 4.74 Å². The van der Waals surface area contributed by atoms with Crippen LogP contribution in [0.15, 0.2) is 47.4 Å². The second-order valence-corrected chi connectivity index (χ2v) is 7.79. The maximum atomic E-state index is 12.3. The zero-order valence-corrected chi connectivity index (χ0v) is 16.4. The Balaban J connectivity index is 2.12. The van der Waals surface area contributed by atoms with Crippen molar-refractivity contribution >= 4 is 21.8 Å². The topological polar surface area (TPSA) is 89.5 Å². The predicted octanol–water partition coefficient (Wildman–Crippen LogP) is 2.90. The summed E-state index contributed by atoms with van der Waals surface area (Å²) in [4.78, 5) is 24.5. The van der Waals surface area contributed by atoms with Gasteiger partial charge >= 0.3 is 5.97 Å². The molecule has 0 saturated heterocycles. The van der Waals surface area contributed by atoms with E-state index >= 15 is 0 Å². The molecule has 7 heteroatoms. The number of carbonyl (C=O) groups is 2. The second-order valence-electron chi connectivity index (χ2n) is 6.03. The molecule has 27 heavy (non-hydrogen) atoms. The van der Waals surface area contributed by atoms with Crippen LogP contribution in [0.5, 0.6) is 0 Å². The van der Waals surface area contributed by atoms with Gasteiger partial charge in [-0.05, 0) is 36.6 Å². The molecule has 1 N–H and O–H groups in total. The summed E-state index contributed by atoms with van der Waals surface area (Å²) < 4.78 is 31.7. The number of Topliss-reactive ketones (excluding diaryl/α,β-unsaturated/α-hetero) is 1. The molecule has 0 spiro atoms. The average Bonchev–Trinajstić information content (AvgIpc) is 2.66. The summed E-state index contributed by atoms with van der Waals surface area (Å²) in [5.74, 6) is -1.06. The van der Waals surface area contributed by atoms with E-state index in [-0.39, 0.29) is 22.8 Å². The first-order valence-electron chi connectivity index (χ1n) is 8.68. The Bertz CT molecular complexity index is 933. The van der Waals surface area contributed by atoms with Crippen molar-refractivity contribution in [2.75, 3.05) is 13.2 Å². The number of hydrogen-bond donors (Lipinski definition) is 1. The third-order valence-electron chi connectivity index (χ3n) is 4.09. The van der Waals surface area contributed by atoms with E-state index in [9.17, 15) is 18.0 Å². The molecule has 0 atom stereocenters. The largest absolute Gasteiger partial charge is 0.454 e. The van der Waals surface area contributed by atoms with E-state index in [2.05, 4.69) is 4.72 Å². The number of nitrogens with one attached hydrogen (secondary N) is 1. The summed E-state index contributed by atoms with van der Waals surface area (Å²) in [5.41, 5.74) is 2.25. The van der Waals surface area contributed by atoms with Crippen LogP contribution in [0.25, 0.3) is 0 Å². The SMILES string of the molecule is CCNS(=O)(=O)c1ccc(C)c(C(=O)OCC(=O)c2ccc(CC)cc2)c1. The van der Waals surface area contributed by atoms with Crippen LogP contribution >= 0.6 is 0 Å². The van der Waals surface area contributed by atoms with Crippen LogP contribution in [0.1, 0.15) is 45.7 Å². The minimum atomic E-state index is -3.69. The standard InChI is InChI=1S/C20H23NO5S/c1-4-15-7-9-16(10-8-15)19(22)13-26-20(23)18-12-17(11-6-14(18)3)27(24,25)21-5-2/h6-12,21H,4-5,13H2,1-3H3. The van der Waals surface area contributed by atoms with Crippen LogP contribution in [-0.2, 0) is 21.2 Å². The van der Waals surface area contributed by atoms with Crippen LogP contribution in [-0.4, -0.2) is 33.3 Å². The van der Waals surface area contributed by atoms with Gasteiger partial charge in [-0.25, -0.2) is 17.9 Å². The van der Waals surface area contributed by atoms with Gasteiger partial charge in [0.05, 0.1) is 10.5 Å². The smallest absolute Gasteiger partial charge is 0.338 e. The van der Waals surface area contributed by atoms with Crippen molar-refractivity contribution < 1.29 is 22.7 Å². The molecule has 0 bridgehead atoms. The van der Waals surface area contributed by atoms with Crippen LogP contribution in [0.2, 0.25) is 0 Å². The van der Waals surface area contributed by atoms with E-state index in [0.717, 1.165) is 12.0 Å². The van der Waals surface area contributed by atoms with E-state index in [1.54, 1.807) is 26.0 Å². The van der Waals surface area contributed by atoms with E-state index in [1.165, 1.54) is 18.2 Å². The van der Waals surface area contributed by atoms with Gasteiger partial charge in [0.2, 0.25) is 10.0 Å². The molecule has 0 aromatic heterocycles. The number of rotatable bonds is 8. The Morgan fingerprint density at radius 2 is 1.70 bits per heavy atom. The Morgan fingerprint density at radius 1 is 1.04 bits per heavy atom. The van der Waals surface area contributed by atoms with Gasteiger partial charge in [0.1, 0.15) is 0 Å². The molecule has 2 rings (SSSR count). The van der Waals surface area contributed by atoms with E-state index in [1.807, 2.05) is 19.1 Å². The summed E-state index contributed by atoms with van der Waals surface area (Å²) in [6, 6.07) is 11.3. The first kappa shape index (κ1) is 20.8. The first-order chi connectivity index (χ1) is 12.8. The van der Waals surface area contributed by atoms with E-state index < -0.39 is 22.6 Å². The third kappa shape index (κ3) is 5.24. The van der Waals surface area contributed by atoms with Crippen molar-refractivity contribution in [3.63, 3.8) is 0 Å². The van der Waals surface area contributed by atoms with E-state index in [0.29, 0.717) is 11.1 Å². The summed E-state index contributed by atoms with van der Waals surface area (Å²) in [7, 11) is -3.69. The van der Waals surface area contributed by atoms with Crippen molar-refractivity contribution in [2.24, 2.45) is 0 Å². The number of ether oxygens (including phenoxy) is 1. The lowest BCUT2D eigenvalue weighted by molar-refractivity contribution is 0.0473. The zero-order valence-electron chi connectivity index (χ0n) is 15.6. The quantitative estimate of drug-likeness (QED) is 0.554. The van der Waals surface area contributed by atoms with Crippen molar-refractivity contribution in [1.82, 2.24) is 4.72 Å². The highest BCUT2D eigenvalue weighted by molar-refractivity contribution is 7.89. The summed E-state index contributed by atoms with van der Waals surface area (Å²) >= 11 is 0. The van der Waals surface area contributed by atoms with Crippen LogP contribution in [0.4, 0.5) is 0 Å². The molecule has 0 heterocycles. The fourth-order valence-electron chi connectivity index (χ4n) is 2.48. The fourth-order valence-corrected chi connectivity index (χ4v) is 3.55. The van der Waals surface area contributed by atoms with Gasteiger partial charge in [-0.15, -0.1) is 0 Å². The maximum absolute atomic E-state index is 12.3. The summed E-state index contributed by atoms with van der Waals surface area (Å²) in [5, 5.41) is 0. The van der Waals surface area contributed by atoms with Crippen LogP contribution < -0.4 is 4.72 Å². The number of benzene rings is 2. The van der Waals surface area contributed by atoms with Crippen LogP contribution in [0, 0.1) is 6.92 Å². The van der Waals surface area contributed by atoms with Gasteiger partial charge in [-0.1, -0.05) is 44.2 Å². The normalized spacial score (nSPS) is 11.2. The Labute approximate surface area is 159 Å². The second kappa shape index (κ2) is 8.92. The molecule has 2 aromatic carbocycles. The first-order valence-corrected chi connectivity index (χ1v) is 10.2. The Morgan fingerprint density at radius 3 is 2.30 bits per heavy atom. The highest BCUT2D eigenvalue weighted by atomic mass is 32.2. The summed E-state index contributed by atoms with van der Waals surface area (Å²) in [6.45, 7) is 5.19. The molecule has 144 valence electrons. The molecule has 0 radical (unpaired) electrons. The van der Waals surface area contributed by atoms with Gasteiger partial charge in [0, 0.05) is 12.1 Å². The fraction of sp³-hybridized carbons (Fsp3) is 0.300. The molecule has 2 aromatic rings. The molecule has 0 saturated carbocycles. The van der Waals surface area contributed by atoms with Crippen molar-refractivity contribution in [3.05, 3.63) is 64.7 Å². The van der Waals surface area contributed by atoms with Gasteiger partial charge in [-0.3, -0.25) is 4.79 Å². The maximum Gasteiger partial charge on any atom is 0.338 e. The Hall–Kier alpha value is -2.51. The van der Waals surface area contributed by atoms with Crippen molar-refractivity contribution in [2.45, 2.75) is 32.1 Å². The lowest BCUT2D eigenvalue weighted by atomic mass is 10.1. The number of ketones is 1. The number of hydrogen-bond acceptors (Lipinski definition) is 5. The third-order valence-corrected chi connectivity index (χ3v) is 5.64. The van der Waals surface area contributed by atoms with Gasteiger partial charge in [0.15, 0.2) is 12.4 Å². The molecule has 0 amide bonds. The molecule has 0 aliphatic carbocycles. The molecular weight excluding hydrogens is 366 g/mol. The molecule has 6 nitrogen and oxygen atoms in total. The molecular formula is C20H23NO5S. The van der Waals surface area contributed by atoms with Gasteiger partial charge in [0.25, 0.3) is 0 Å². The highest BCUT2D eigenvalue weighted by Gasteiger charge is 2.19. The molecule has 0 unspecified atom stereocenters. The van der Waals surface area contributed by atoms with E-state index in [4.69, 9.17) is 4.74 Å². The molecule has 0 fully saturated rings. The predicted molar refractivity (Wildman–Crippen MR) is 102 cm³/mol. The van der Waals surface area contributed by atoms with Crippen molar-refractivity contribution in [1.29, 1.82) is 0 Å². The lowest BCUT2D eigenvalue weighted by Gasteiger charge is -2.10. The highest BCUT2D eigenvalue weighted by Crippen LogP contribution is 2.17. The Kier molecular flexibility index (Phi) is 6.87. The number of aryl methyl sites for hydroxylation is 2. The monoisotopic (exact) mass is 389 g/mol. The minimum absolute atomic E-state index is 0.0246. The molecule has 0 aliphatic rings. The number of carbonyl (C=O) groups excluding carboxylic acids is 2. The average molecular weight is 389 g/mol. The molecule has 0 aliphatic heterocycles. The van der Waals surface area contributed by atoms with Crippen molar-refractivity contribution in [3.8, 4) is 0 Å². The van der Waals surface area contributed by atoms with Gasteiger partial charge in [-0.2, -0.15) is 0 Å². The van der Waals surface area contributed by atoms with Crippen LogP contribution in [0.3, 0.4) is 0 Å².